The Bertz CT molecular complexity index is 395. The summed E-state index contributed by atoms with van der Waals surface area (Å²) in [4.78, 5) is 21.4. The molecule has 2 heterocycles. The van der Waals surface area contributed by atoms with Crippen molar-refractivity contribution < 1.29 is 4.79 Å². The Morgan fingerprint density at radius 1 is 1.50 bits per heavy atom. The maximum atomic E-state index is 11.3. The highest BCUT2D eigenvalue weighted by Gasteiger charge is 2.28. The molecule has 1 aliphatic rings. The first-order valence-electron chi connectivity index (χ1n) is 5.33. The third kappa shape index (κ3) is 2.05. The predicted octanol–water partition coefficient (Wildman–Crippen LogP) is -0.0970. The number of primary amides is 1. The fourth-order valence-corrected chi connectivity index (χ4v) is 1.97. The van der Waals surface area contributed by atoms with Crippen LogP contribution in [0.1, 0.15) is 19.3 Å². The maximum Gasteiger partial charge on any atom is 0.240 e. The van der Waals surface area contributed by atoms with Crippen LogP contribution in [-0.4, -0.2) is 28.5 Å². The van der Waals surface area contributed by atoms with Crippen molar-refractivity contribution in [1.82, 2.24) is 9.97 Å². The van der Waals surface area contributed by atoms with Crippen LogP contribution < -0.4 is 16.4 Å². The molecule has 86 valence electrons. The Balaban J connectivity index is 2.26. The molecular weight excluding hydrogens is 206 g/mol. The Morgan fingerprint density at radius 3 is 3.00 bits per heavy atom. The number of piperidine rings is 1. The van der Waals surface area contributed by atoms with Gasteiger partial charge in [0.05, 0.1) is 0 Å². The van der Waals surface area contributed by atoms with Crippen molar-refractivity contribution in [3.05, 3.63) is 12.3 Å². The molecule has 4 N–H and O–H groups in total. The van der Waals surface area contributed by atoms with Gasteiger partial charge in [-0.1, -0.05) is 0 Å². The SMILES string of the molecule is NC(=O)C1CCCCN1c1nccc(N)n1. The molecule has 2 rings (SSSR count). The Hall–Kier alpha value is -1.85. The minimum absolute atomic E-state index is 0.310. The lowest BCUT2D eigenvalue weighted by atomic mass is 10.0. The summed E-state index contributed by atoms with van der Waals surface area (Å²) < 4.78 is 0. The number of aromatic nitrogens is 2. The highest BCUT2D eigenvalue weighted by molar-refractivity contribution is 5.83. The zero-order chi connectivity index (χ0) is 11.5. The first-order valence-corrected chi connectivity index (χ1v) is 5.33. The standard InChI is InChI=1S/C10H15N5O/c11-8-4-5-13-10(14-8)15-6-2-1-3-7(15)9(12)16/h4-5,7H,1-3,6H2,(H2,12,16)(H2,11,13,14). The molecule has 1 aliphatic heterocycles. The van der Waals surface area contributed by atoms with Gasteiger partial charge < -0.3 is 16.4 Å². The molecule has 0 saturated carbocycles. The van der Waals surface area contributed by atoms with E-state index in [0.29, 0.717) is 11.8 Å². The number of hydrogen-bond acceptors (Lipinski definition) is 5. The molecule has 0 aliphatic carbocycles. The topological polar surface area (TPSA) is 98.1 Å². The number of nitrogen functional groups attached to an aromatic ring is 1. The van der Waals surface area contributed by atoms with Gasteiger partial charge in [0.25, 0.3) is 0 Å². The fraction of sp³-hybridized carbons (Fsp3) is 0.500. The van der Waals surface area contributed by atoms with Crippen LogP contribution in [0, 0.1) is 0 Å². The first-order chi connectivity index (χ1) is 7.68. The second-order valence-corrected chi connectivity index (χ2v) is 3.89. The summed E-state index contributed by atoms with van der Waals surface area (Å²) in [6.07, 6.45) is 4.37. The quantitative estimate of drug-likeness (QED) is 0.726. The smallest absolute Gasteiger partial charge is 0.240 e. The van der Waals surface area contributed by atoms with Gasteiger partial charge >= 0.3 is 0 Å². The van der Waals surface area contributed by atoms with Crippen LogP contribution >= 0.6 is 0 Å². The lowest BCUT2D eigenvalue weighted by molar-refractivity contribution is -0.119. The van der Waals surface area contributed by atoms with Gasteiger partial charge in [-0.2, -0.15) is 4.98 Å². The summed E-state index contributed by atoms with van der Waals surface area (Å²) in [7, 11) is 0. The van der Waals surface area contributed by atoms with Crippen LogP contribution in [0.4, 0.5) is 11.8 Å². The van der Waals surface area contributed by atoms with Crippen LogP contribution in [0.25, 0.3) is 0 Å². The minimum atomic E-state index is -0.328. The average Bonchev–Trinajstić information content (AvgIpc) is 2.29. The molecule has 1 aromatic heterocycles. The molecular formula is C10H15N5O. The lowest BCUT2D eigenvalue weighted by Crippen LogP contribution is -2.48. The molecule has 1 fully saturated rings. The largest absolute Gasteiger partial charge is 0.384 e. The van der Waals surface area contributed by atoms with Gasteiger partial charge in [-0.15, -0.1) is 0 Å². The monoisotopic (exact) mass is 221 g/mol. The summed E-state index contributed by atoms with van der Waals surface area (Å²) >= 11 is 0. The van der Waals surface area contributed by atoms with Crippen LogP contribution in [0.2, 0.25) is 0 Å². The van der Waals surface area contributed by atoms with E-state index in [1.807, 2.05) is 4.90 Å². The van der Waals surface area contributed by atoms with E-state index in [4.69, 9.17) is 11.5 Å². The lowest BCUT2D eigenvalue weighted by Gasteiger charge is -2.33. The summed E-state index contributed by atoms with van der Waals surface area (Å²) in [5.74, 6) is 0.563. The number of anilines is 2. The van der Waals surface area contributed by atoms with E-state index >= 15 is 0 Å². The molecule has 16 heavy (non-hydrogen) atoms. The highest BCUT2D eigenvalue weighted by atomic mass is 16.1. The van der Waals surface area contributed by atoms with Crippen molar-refractivity contribution in [3.63, 3.8) is 0 Å². The first kappa shape index (κ1) is 10.7. The van der Waals surface area contributed by atoms with E-state index in [2.05, 4.69) is 9.97 Å². The molecule has 0 aromatic carbocycles. The molecule has 6 nitrogen and oxygen atoms in total. The molecule has 1 atom stereocenters. The van der Waals surface area contributed by atoms with E-state index < -0.39 is 0 Å². The Kier molecular flexibility index (Phi) is 2.89. The Morgan fingerprint density at radius 2 is 2.31 bits per heavy atom. The molecule has 0 radical (unpaired) electrons. The number of rotatable bonds is 2. The second kappa shape index (κ2) is 4.34. The van der Waals surface area contributed by atoms with E-state index in [-0.39, 0.29) is 11.9 Å². The number of carbonyl (C=O) groups excluding carboxylic acids is 1. The summed E-state index contributed by atoms with van der Waals surface area (Å²) in [5.41, 5.74) is 11.0. The van der Waals surface area contributed by atoms with Crippen molar-refractivity contribution in [3.8, 4) is 0 Å². The third-order valence-electron chi connectivity index (χ3n) is 2.75. The average molecular weight is 221 g/mol. The van der Waals surface area contributed by atoms with E-state index in [9.17, 15) is 4.79 Å². The molecule has 6 heteroatoms. The number of nitrogens with zero attached hydrogens (tertiary/aromatic N) is 3. The van der Waals surface area contributed by atoms with Gasteiger partial charge in [-0.05, 0) is 25.3 Å². The normalized spacial score (nSPS) is 20.8. The van der Waals surface area contributed by atoms with Gasteiger partial charge in [0.2, 0.25) is 11.9 Å². The molecule has 1 aromatic rings. The minimum Gasteiger partial charge on any atom is -0.384 e. The molecule has 0 spiro atoms. The highest BCUT2D eigenvalue weighted by Crippen LogP contribution is 2.21. The predicted molar refractivity (Wildman–Crippen MR) is 60.6 cm³/mol. The van der Waals surface area contributed by atoms with Crippen LogP contribution in [-0.2, 0) is 4.79 Å². The number of hydrogen-bond donors (Lipinski definition) is 2. The molecule has 1 unspecified atom stereocenters. The Labute approximate surface area is 93.7 Å². The zero-order valence-electron chi connectivity index (χ0n) is 8.97. The van der Waals surface area contributed by atoms with Crippen molar-refractivity contribution in [2.24, 2.45) is 5.73 Å². The van der Waals surface area contributed by atoms with Crippen LogP contribution in [0.15, 0.2) is 12.3 Å². The number of amides is 1. The third-order valence-corrected chi connectivity index (χ3v) is 2.75. The van der Waals surface area contributed by atoms with Crippen molar-refractivity contribution in [2.45, 2.75) is 25.3 Å². The number of carbonyl (C=O) groups is 1. The van der Waals surface area contributed by atoms with Crippen molar-refractivity contribution >= 4 is 17.7 Å². The van der Waals surface area contributed by atoms with E-state index in [1.165, 1.54) is 0 Å². The number of nitrogens with two attached hydrogens (primary N) is 2. The summed E-state index contributed by atoms with van der Waals surface area (Å²) in [6.45, 7) is 0.747. The van der Waals surface area contributed by atoms with Crippen molar-refractivity contribution in [2.75, 3.05) is 17.2 Å². The molecule has 0 bridgehead atoms. The van der Waals surface area contributed by atoms with Gasteiger partial charge in [0.15, 0.2) is 0 Å². The zero-order valence-corrected chi connectivity index (χ0v) is 8.97. The van der Waals surface area contributed by atoms with Gasteiger partial charge in [-0.25, -0.2) is 4.98 Å². The van der Waals surface area contributed by atoms with E-state index in [0.717, 1.165) is 25.8 Å². The summed E-state index contributed by atoms with van der Waals surface area (Å²) in [5, 5.41) is 0. The van der Waals surface area contributed by atoms with E-state index in [1.54, 1.807) is 12.3 Å². The van der Waals surface area contributed by atoms with Crippen LogP contribution in [0.3, 0.4) is 0 Å². The van der Waals surface area contributed by atoms with Gasteiger partial charge in [-0.3, -0.25) is 4.79 Å². The van der Waals surface area contributed by atoms with Gasteiger partial charge in [0, 0.05) is 12.7 Å². The van der Waals surface area contributed by atoms with Crippen molar-refractivity contribution in [1.29, 1.82) is 0 Å². The second-order valence-electron chi connectivity index (χ2n) is 3.89. The molecule has 1 saturated heterocycles. The van der Waals surface area contributed by atoms with Gasteiger partial charge in [0.1, 0.15) is 11.9 Å². The molecule has 1 amide bonds. The fourth-order valence-electron chi connectivity index (χ4n) is 1.97. The van der Waals surface area contributed by atoms with Crippen LogP contribution in [0.5, 0.6) is 0 Å². The summed E-state index contributed by atoms with van der Waals surface area (Å²) in [6, 6.07) is 1.31. The maximum absolute atomic E-state index is 11.3.